The first-order valence-corrected chi connectivity index (χ1v) is 10.3. The van der Waals surface area contributed by atoms with Gasteiger partial charge in [-0.05, 0) is 42.7 Å². The van der Waals surface area contributed by atoms with Gasteiger partial charge in [-0.15, -0.1) is 12.4 Å². The van der Waals surface area contributed by atoms with Gasteiger partial charge in [0.1, 0.15) is 0 Å². The summed E-state index contributed by atoms with van der Waals surface area (Å²) in [6.07, 6.45) is 7.18. The van der Waals surface area contributed by atoms with E-state index in [1.54, 1.807) is 0 Å². The molecule has 0 saturated carbocycles. The number of nitriles is 1. The van der Waals surface area contributed by atoms with Crippen LogP contribution >= 0.6 is 12.4 Å². The standard InChI is InChI=1S/C24H27N5.ClH/c25-16-20-6-8-21(9-7-20)18-29-19-26-17-24(29)10-13-27-22-11-14-28(15-12-22)23-4-2-1-3-5-23;/h1-9,17,19,22,27H,10-15,18H2;1H. The van der Waals surface area contributed by atoms with Gasteiger partial charge in [0.25, 0.3) is 0 Å². The fourth-order valence-corrected chi connectivity index (χ4v) is 3.97. The summed E-state index contributed by atoms with van der Waals surface area (Å²) in [6.45, 7) is 3.97. The zero-order chi connectivity index (χ0) is 19.9. The smallest absolute Gasteiger partial charge is 0.0991 e. The zero-order valence-electron chi connectivity index (χ0n) is 17.1. The molecule has 1 aliphatic heterocycles. The molecule has 1 aliphatic rings. The number of halogens is 1. The molecule has 2 aromatic carbocycles. The average Bonchev–Trinajstić information content (AvgIpc) is 3.22. The van der Waals surface area contributed by atoms with Crippen LogP contribution in [0.5, 0.6) is 0 Å². The van der Waals surface area contributed by atoms with Crippen LogP contribution in [-0.4, -0.2) is 35.2 Å². The molecule has 156 valence electrons. The van der Waals surface area contributed by atoms with Gasteiger partial charge in [-0.3, -0.25) is 0 Å². The molecule has 1 N–H and O–H groups in total. The lowest BCUT2D eigenvalue weighted by Gasteiger charge is -2.34. The number of piperidine rings is 1. The molecule has 1 saturated heterocycles. The first-order chi connectivity index (χ1) is 14.3. The maximum Gasteiger partial charge on any atom is 0.0991 e. The second kappa shape index (κ2) is 10.8. The molecule has 0 bridgehead atoms. The minimum Gasteiger partial charge on any atom is -0.371 e. The van der Waals surface area contributed by atoms with E-state index in [1.165, 1.54) is 29.8 Å². The van der Waals surface area contributed by atoms with Crippen molar-refractivity contribution in [3.8, 4) is 6.07 Å². The Morgan fingerprint density at radius 2 is 1.77 bits per heavy atom. The summed E-state index contributed by atoms with van der Waals surface area (Å²) in [5, 5.41) is 12.7. The molecule has 30 heavy (non-hydrogen) atoms. The van der Waals surface area contributed by atoms with E-state index in [-0.39, 0.29) is 12.4 Å². The van der Waals surface area contributed by atoms with Crippen LogP contribution < -0.4 is 10.2 Å². The molecule has 4 rings (SSSR count). The molecule has 2 heterocycles. The van der Waals surface area contributed by atoms with Crippen LogP contribution in [-0.2, 0) is 13.0 Å². The van der Waals surface area contributed by atoms with Gasteiger partial charge in [0.2, 0.25) is 0 Å². The van der Waals surface area contributed by atoms with Gasteiger partial charge in [-0.25, -0.2) is 4.98 Å². The van der Waals surface area contributed by atoms with Crippen LogP contribution in [0.3, 0.4) is 0 Å². The van der Waals surface area contributed by atoms with Gasteiger partial charge in [0.05, 0.1) is 18.0 Å². The number of anilines is 1. The van der Waals surface area contributed by atoms with Crippen molar-refractivity contribution in [1.29, 1.82) is 5.26 Å². The van der Waals surface area contributed by atoms with Crippen molar-refractivity contribution in [2.75, 3.05) is 24.5 Å². The lowest BCUT2D eigenvalue weighted by Crippen LogP contribution is -2.43. The van der Waals surface area contributed by atoms with Crippen molar-refractivity contribution >= 4 is 18.1 Å². The molecular formula is C24H28ClN5. The number of aromatic nitrogens is 2. The van der Waals surface area contributed by atoms with E-state index in [4.69, 9.17) is 5.26 Å². The minimum atomic E-state index is 0. The first kappa shape index (κ1) is 21.9. The molecule has 0 aliphatic carbocycles. The van der Waals surface area contributed by atoms with Crippen molar-refractivity contribution < 1.29 is 0 Å². The van der Waals surface area contributed by atoms with E-state index < -0.39 is 0 Å². The summed E-state index contributed by atoms with van der Waals surface area (Å²) < 4.78 is 2.20. The average molecular weight is 422 g/mol. The number of para-hydroxylation sites is 1. The Hall–Kier alpha value is -2.81. The van der Waals surface area contributed by atoms with Crippen LogP contribution in [0, 0.1) is 11.3 Å². The third-order valence-electron chi connectivity index (χ3n) is 5.66. The number of hydrogen-bond acceptors (Lipinski definition) is 4. The lowest BCUT2D eigenvalue weighted by molar-refractivity contribution is 0.416. The molecule has 0 amide bonds. The summed E-state index contributed by atoms with van der Waals surface area (Å²) in [7, 11) is 0. The van der Waals surface area contributed by atoms with Crippen molar-refractivity contribution in [1.82, 2.24) is 14.9 Å². The predicted octanol–water partition coefficient (Wildman–Crippen LogP) is 4.03. The molecule has 5 nitrogen and oxygen atoms in total. The number of imidazole rings is 1. The highest BCUT2D eigenvalue weighted by Gasteiger charge is 2.18. The molecule has 1 fully saturated rings. The summed E-state index contributed by atoms with van der Waals surface area (Å²) in [5.74, 6) is 0. The minimum absolute atomic E-state index is 0. The van der Waals surface area contributed by atoms with Crippen molar-refractivity contribution in [3.05, 3.63) is 83.9 Å². The number of benzene rings is 2. The number of rotatable bonds is 7. The fraction of sp³-hybridized carbons (Fsp3) is 0.333. The monoisotopic (exact) mass is 421 g/mol. The highest BCUT2D eigenvalue weighted by molar-refractivity contribution is 5.85. The van der Waals surface area contributed by atoms with Crippen molar-refractivity contribution in [2.45, 2.75) is 31.8 Å². The fourth-order valence-electron chi connectivity index (χ4n) is 3.97. The quantitative estimate of drug-likeness (QED) is 0.625. The maximum atomic E-state index is 8.93. The van der Waals surface area contributed by atoms with E-state index in [0.29, 0.717) is 11.6 Å². The molecule has 3 aromatic rings. The summed E-state index contributed by atoms with van der Waals surface area (Å²) >= 11 is 0. The summed E-state index contributed by atoms with van der Waals surface area (Å²) in [5.41, 5.74) is 4.45. The molecule has 1 aromatic heterocycles. The first-order valence-electron chi connectivity index (χ1n) is 10.3. The largest absolute Gasteiger partial charge is 0.371 e. The van der Waals surface area contributed by atoms with Gasteiger partial charge in [-0.2, -0.15) is 5.26 Å². The lowest BCUT2D eigenvalue weighted by atomic mass is 10.0. The zero-order valence-corrected chi connectivity index (χ0v) is 17.9. The van der Waals surface area contributed by atoms with Crippen molar-refractivity contribution in [3.63, 3.8) is 0 Å². The molecule has 0 unspecified atom stereocenters. The SMILES string of the molecule is Cl.N#Cc1ccc(Cn2cncc2CCNC2CCN(c3ccccc3)CC2)cc1. The molecule has 6 heteroatoms. The van der Waals surface area contributed by atoms with Gasteiger partial charge in [-0.1, -0.05) is 30.3 Å². The third kappa shape index (κ3) is 5.63. The Balaban J connectivity index is 0.00000256. The van der Waals surface area contributed by atoms with Gasteiger partial charge >= 0.3 is 0 Å². The number of nitrogens with one attached hydrogen (secondary N) is 1. The molecule has 0 radical (unpaired) electrons. The number of nitrogens with zero attached hydrogens (tertiary/aromatic N) is 4. The van der Waals surface area contributed by atoms with Gasteiger partial charge < -0.3 is 14.8 Å². The summed E-state index contributed by atoms with van der Waals surface area (Å²) in [6, 6.07) is 21.2. The van der Waals surface area contributed by atoms with E-state index >= 15 is 0 Å². The Morgan fingerprint density at radius 3 is 2.47 bits per heavy atom. The molecular weight excluding hydrogens is 394 g/mol. The van der Waals surface area contributed by atoms with Crippen LogP contribution in [0.2, 0.25) is 0 Å². The van der Waals surface area contributed by atoms with E-state index in [0.717, 1.165) is 32.6 Å². The third-order valence-corrected chi connectivity index (χ3v) is 5.66. The van der Waals surface area contributed by atoms with Crippen LogP contribution in [0.1, 0.15) is 29.7 Å². The summed E-state index contributed by atoms with van der Waals surface area (Å²) in [4.78, 5) is 6.81. The Morgan fingerprint density at radius 1 is 1.03 bits per heavy atom. The molecule has 0 spiro atoms. The highest BCUT2D eigenvalue weighted by Crippen LogP contribution is 2.19. The van der Waals surface area contributed by atoms with Gasteiger partial charge in [0, 0.05) is 56.2 Å². The Bertz CT molecular complexity index is 938. The van der Waals surface area contributed by atoms with Crippen molar-refractivity contribution in [2.24, 2.45) is 0 Å². The normalized spacial score (nSPS) is 14.2. The van der Waals surface area contributed by atoms with Crippen LogP contribution in [0.4, 0.5) is 5.69 Å². The molecule has 0 atom stereocenters. The van der Waals surface area contributed by atoms with E-state index in [2.05, 4.69) is 56.2 Å². The Labute approximate surface area is 184 Å². The highest BCUT2D eigenvalue weighted by atomic mass is 35.5. The van der Waals surface area contributed by atoms with E-state index in [1.807, 2.05) is 36.8 Å². The topological polar surface area (TPSA) is 56.9 Å². The Kier molecular flexibility index (Phi) is 7.89. The number of hydrogen-bond donors (Lipinski definition) is 1. The van der Waals surface area contributed by atoms with Crippen LogP contribution in [0.25, 0.3) is 0 Å². The van der Waals surface area contributed by atoms with Gasteiger partial charge in [0.15, 0.2) is 0 Å². The second-order valence-electron chi connectivity index (χ2n) is 7.62. The maximum absolute atomic E-state index is 8.93. The van der Waals surface area contributed by atoms with E-state index in [9.17, 15) is 0 Å². The predicted molar refractivity (Wildman–Crippen MR) is 123 cm³/mol. The van der Waals surface area contributed by atoms with Crippen LogP contribution in [0.15, 0.2) is 67.1 Å². The second-order valence-corrected chi connectivity index (χ2v) is 7.62.